The topological polar surface area (TPSA) is 38.3 Å². The van der Waals surface area contributed by atoms with E-state index >= 15 is 0 Å². The highest BCUT2D eigenvalue weighted by Gasteiger charge is 2.33. The second kappa shape index (κ2) is 7.13. The fourth-order valence-electron chi connectivity index (χ4n) is 1.13. The van der Waals surface area contributed by atoms with Crippen molar-refractivity contribution in [1.82, 2.24) is 5.32 Å². The molecule has 3 nitrogen and oxygen atoms in total. The summed E-state index contributed by atoms with van der Waals surface area (Å²) >= 11 is 0. The van der Waals surface area contributed by atoms with Crippen LogP contribution >= 0.6 is 0 Å². The number of hydrogen-bond acceptors (Lipinski definition) is 3. The highest BCUT2D eigenvalue weighted by molar-refractivity contribution is 5.69. The van der Waals surface area contributed by atoms with Gasteiger partial charge in [0.15, 0.2) is 0 Å². The van der Waals surface area contributed by atoms with E-state index in [-0.39, 0.29) is 16.8 Å². The van der Waals surface area contributed by atoms with Gasteiger partial charge in [-0.2, -0.15) is 0 Å². The zero-order valence-electron chi connectivity index (χ0n) is 13.2. The Morgan fingerprint density at radius 2 is 1.72 bits per heavy atom. The summed E-state index contributed by atoms with van der Waals surface area (Å²) in [5, 5.41) is 3.24. The molecule has 0 saturated carbocycles. The Morgan fingerprint density at radius 1 is 1.17 bits per heavy atom. The SMILES string of the molecule is CC(C)CNCCC(=O)OCC(C)(C)C(C)(C)C. The largest absolute Gasteiger partial charge is 0.465 e. The molecule has 0 aromatic heterocycles. The van der Waals surface area contributed by atoms with E-state index in [9.17, 15) is 4.79 Å². The Bertz CT molecular complexity index is 252. The van der Waals surface area contributed by atoms with Gasteiger partial charge in [0.05, 0.1) is 13.0 Å². The van der Waals surface area contributed by atoms with Gasteiger partial charge >= 0.3 is 5.97 Å². The summed E-state index contributed by atoms with van der Waals surface area (Å²) in [6.07, 6.45) is 0.451. The summed E-state index contributed by atoms with van der Waals surface area (Å²) < 4.78 is 5.36. The maximum Gasteiger partial charge on any atom is 0.307 e. The predicted molar refractivity (Wildman–Crippen MR) is 76.5 cm³/mol. The van der Waals surface area contributed by atoms with E-state index in [1.165, 1.54) is 0 Å². The van der Waals surface area contributed by atoms with Gasteiger partial charge in [0.2, 0.25) is 0 Å². The van der Waals surface area contributed by atoms with Gasteiger partial charge in [0.25, 0.3) is 0 Å². The van der Waals surface area contributed by atoms with E-state index in [0.717, 1.165) is 6.54 Å². The fourth-order valence-corrected chi connectivity index (χ4v) is 1.13. The van der Waals surface area contributed by atoms with Crippen LogP contribution in [0, 0.1) is 16.7 Å². The second-order valence-electron chi connectivity index (χ2n) is 7.14. The molecule has 0 aliphatic rings. The standard InChI is InChI=1S/C15H31NO2/c1-12(2)10-16-9-8-13(17)18-11-15(6,7)14(3,4)5/h12,16H,8-11H2,1-7H3. The molecule has 18 heavy (non-hydrogen) atoms. The van der Waals surface area contributed by atoms with Crippen molar-refractivity contribution in [3.8, 4) is 0 Å². The zero-order chi connectivity index (χ0) is 14.4. The van der Waals surface area contributed by atoms with Crippen LogP contribution in [0.1, 0.15) is 54.9 Å². The van der Waals surface area contributed by atoms with Gasteiger partial charge in [0, 0.05) is 12.0 Å². The number of ether oxygens (including phenoxy) is 1. The Morgan fingerprint density at radius 3 is 2.17 bits per heavy atom. The number of esters is 1. The lowest BCUT2D eigenvalue weighted by Gasteiger charge is -2.38. The molecule has 0 fully saturated rings. The lowest BCUT2D eigenvalue weighted by molar-refractivity contribution is -0.148. The van der Waals surface area contributed by atoms with Crippen LogP contribution in [0.15, 0.2) is 0 Å². The lowest BCUT2D eigenvalue weighted by Crippen LogP contribution is -2.35. The first-order chi connectivity index (χ1) is 8.06. The van der Waals surface area contributed by atoms with Gasteiger partial charge in [-0.3, -0.25) is 4.79 Å². The van der Waals surface area contributed by atoms with Crippen LogP contribution in [0.4, 0.5) is 0 Å². The van der Waals surface area contributed by atoms with Crippen molar-refractivity contribution in [2.45, 2.75) is 54.9 Å². The second-order valence-corrected chi connectivity index (χ2v) is 7.14. The molecule has 0 saturated heterocycles. The highest BCUT2D eigenvalue weighted by Crippen LogP contribution is 2.37. The van der Waals surface area contributed by atoms with Gasteiger partial charge in [-0.15, -0.1) is 0 Å². The minimum Gasteiger partial charge on any atom is -0.465 e. The van der Waals surface area contributed by atoms with Crippen molar-refractivity contribution in [3.05, 3.63) is 0 Å². The van der Waals surface area contributed by atoms with E-state index in [4.69, 9.17) is 4.74 Å². The molecular formula is C15H31NO2. The summed E-state index contributed by atoms with van der Waals surface area (Å²) in [4.78, 5) is 11.6. The summed E-state index contributed by atoms with van der Waals surface area (Å²) in [6.45, 7) is 17.2. The van der Waals surface area contributed by atoms with Gasteiger partial charge < -0.3 is 10.1 Å². The van der Waals surface area contributed by atoms with Crippen LogP contribution in [0.3, 0.4) is 0 Å². The number of carbonyl (C=O) groups excluding carboxylic acids is 1. The number of hydrogen-bond donors (Lipinski definition) is 1. The van der Waals surface area contributed by atoms with Gasteiger partial charge in [-0.25, -0.2) is 0 Å². The molecule has 0 rings (SSSR count). The van der Waals surface area contributed by atoms with Crippen LogP contribution in [0.2, 0.25) is 0 Å². The van der Waals surface area contributed by atoms with Crippen molar-refractivity contribution in [2.24, 2.45) is 16.7 Å². The van der Waals surface area contributed by atoms with Crippen molar-refractivity contribution in [1.29, 1.82) is 0 Å². The van der Waals surface area contributed by atoms with Gasteiger partial charge in [-0.1, -0.05) is 48.5 Å². The Labute approximate surface area is 113 Å². The van der Waals surface area contributed by atoms with E-state index in [2.05, 4.69) is 53.8 Å². The molecular weight excluding hydrogens is 226 g/mol. The van der Waals surface area contributed by atoms with Crippen LogP contribution in [0.5, 0.6) is 0 Å². The van der Waals surface area contributed by atoms with E-state index in [1.54, 1.807) is 0 Å². The van der Waals surface area contributed by atoms with Gasteiger partial charge in [-0.05, 0) is 17.9 Å². The number of rotatable bonds is 7. The van der Waals surface area contributed by atoms with E-state index in [0.29, 0.717) is 25.5 Å². The zero-order valence-corrected chi connectivity index (χ0v) is 13.2. The summed E-state index contributed by atoms with van der Waals surface area (Å²) in [5.41, 5.74) is 0.122. The summed E-state index contributed by atoms with van der Waals surface area (Å²) in [5.74, 6) is 0.504. The maximum absolute atomic E-state index is 11.6. The van der Waals surface area contributed by atoms with Crippen LogP contribution in [-0.4, -0.2) is 25.7 Å². The third-order valence-corrected chi connectivity index (χ3v) is 3.68. The van der Waals surface area contributed by atoms with E-state index in [1.807, 2.05) is 0 Å². The molecule has 0 amide bonds. The molecule has 3 heteroatoms. The Kier molecular flexibility index (Phi) is 6.90. The van der Waals surface area contributed by atoms with Gasteiger partial charge in [0.1, 0.15) is 0 Å². The monoisotopic (exact) mass is 257 g/mol. The average molecular weight is 257 g/mol. The molecule has 0 aliphatic heterocycles. The third kappa shape index (κ3) is 7.00. The molecule has 0 spiro atoms. The third-order valence-electron chi connectivity index (χ3n) is 3.68. The minimum atomic E-state index is -0.108. The Balaban J connectivity index is 3.84. The lowest BCUT2D eigenvalue weighted by atomic mass is 9.70. The predicted octanol–water partition coefficient (Wildman–Crippen LogP) is 3.24. The van der Waals surface area contributed by atoms with Crippen LogP contribution in [-0.2, 0) is 9.53 Å². The van der Waals surface area contributed by atoms with Crippen molar-refractivity contribution < 1.29 is 9.53 Å². The molecule has 0 unspecified atom stereocenters. The number of nitrogens with one attached hydrogen (secondary N) is 1. The molecule has 0 atom stereocenters. The molecule has 0 aliphatic carbocycles. The first-order valence-electron chi connectivity index (χ1n) is 6.92. The molecule has 108 valence electrons. The molecule has 0 radical (unpaired) electrons. The normalized spacial score (nSPS) is 12.9. The van der Waals surface area contributed by atoms with Crippen molar-refractivity contribution >= 4 is 5.97 Å². The molecule has 1 N–H and O–H groups in total. The first-order valence-corrected chi connectivity index (χ1v) is 6.92. The number of carbonyl (C=O) groups is 1. The average Bonchev–Trinajstić information content (AvgIpc) is 2.19. The maximum atomic E-state index is 11.6. The van der Waals surface area contributed by atoms with Crippen LogP contribution < -0.4 is 5.32 Å². The van der Waals surface area contributed by atoms with Crippen molar-refractivity contribution in [3.63, 3.8) is 0 Å². The van der Waals surface area contributed by atoms with Crippen molar-refractivity contribution in [2.75, 3.05) is 19.7 Å². The first kappa shape index (κ1) is 17.4. The highest BCUT2D eigenvalue weighted by atomic mass is 16.5. The smallest absolute Gasteiger partial charge is 0.307 e. The molecule has 0 aromatic rings. The van der Waals surface area contributed by atoms with E-state index < -0.39 is 0 Å². The molecule has 0 bridgehead atoms. The fraction of sp³-hybridized carbons (Fsp3) is 0.933. The minimum absolute atomic E-state index is 0.00593. The molecule has 0 heterocycles. The molecule has 0 aromatic carbocycles. The quantitative estimate of drug-likeness (QED) is 0.562. The summed E-state index contributed by atoms with van der Waals surface area (Å²) in [7, 11) is 0. The Hall–Kier alpha value is -0.570. The van der Waals surface area contributed by atoms with Crippen LogP contribution in [0.25, 0.3) is 0 Å². The summed E-state index contributed by atoms with van der Waals surface area (Å²) in [6, 6.07) is 0.